The second kappa shape index (κ2) is 2.17. The number of para-hydroxylation sites is 1. The summed E-state index contributed by atoms with van der Waals surface area (Å²) in [5.41, 5.74) is 0.883. The Kier molecular flexibility index (Phi) is 1.29. The van der Waals surface area contributed by atoms with Crippen LogP contribution in [0.2, 0.25) is 5.02 Å². The van der Waals surface area contributed by atoms with Crippen molar-refractivity contribution >= 4 is 22.5 Å². The number of nitrogen functional groups attached to an aromatic ring is 1. The summed E-state index contributed by atoms with van der Waals surface area (Å²) >= 11 is 5.90. The molecule has 0 saturated heterocycles. The molecular formula is C8H7ClN2. The van der Waals surface area contributed by atoms with Crippen LogP contribution in [0.4, 0.5) is 0 Å². The molecule has 1 aromatic carbocycles. The highest BCUT2D eigenvalue weighted by atomic mass is 35.5. The molecule has 0 amide bonds. The molecule has 11 heavy (non-hydrogen) atoms. The first-order valence-corrected chi connectivity index (χ1v) is 3.67. The number of aromatic nitrogens is 1. The quantitative estimate of drug-likeness (QED) is 0.597. The highest BCUT2D eigenvalue weighted by Gasteiger charge is 2.00. The standard InChI is InChI=1S/C8H7ClN2/c9-7-3-1-2-6-4-5-11(10)8(6)7/h1-5H,10H2. The van der Waals surface area contributed by atoms with Gasteiger partial charge in [-0.05, 0) is 12.1 Å². The second-order valence-corrected chi connectivity index (χ2v) is 2.81. The lowest BCUT2D eigenvalue weighted by Gasteiger charge is -1.97. The summed E-state index contributed by atoms with van der Waals surface area (Å²) in [6, 6.07) is 7.64. The maximum Gasteiger partial charge on any atom is 0.0876 e. The number of hydrogen-bond acceptors (Lipinski definition) is 1. The largest absolute Gasteiger partial charge is 0.339 e. The molecule has 1 heterocycles. The number of rotatable bonds is 0. The van der Waals surface area contributed by atoms with E-state index in [0.717, 1.165) is 10.9 Å². The fraction of sp³-hybridized carbons (Fsp3) is 0. The van der Waals surface area contributed by atoms with E-state index >= 15 is 0 Å². The molecule has 0 bridgehead atoms. The number of fused-ring (bicyclic) bond motifs is 1. The molecular weight excluding hydrogens is 160 g/mol. The number of benzene rings is 1. The van der Waals surface area contributed by atoms with Crippen LogP contribution in [-0.2, 0) is 0 Å². The molecule has 0 saturated carbocycles. The van der Waals surface area contributed by atoms with Gasteiger partial charge in [-0.3, -0.25) is 4.68 Å². The molecule has 2 nitrogen and oxygen atoms in total. The molecule has 0 radical (unpaired) electrons. The molecule has 2 N–H and O–H groups in total. The van der Waals surface area contributed by atoms with Crippen molar-refractivity contribution in [3.05, 3.63) is 35.5 Å². The van der Waals surface area contributed by atoms with Crippen LogP contribution < -0.4 is 5.84 Å². The molecule has 0 aliphatic rings. The van der Waals surface area contributed by atoms with E-state index in [1.807, 2.05) is 24.3 Å². The lowest BCUT2D eigenvalue weighted by Crippen LogP contribution is -2.05. The molecule has 0 atom stereocenters. The summed E-state index contributed by atoms with van der Waals surface area (Å²) < 4.78 is 1.53. The molecule has 3 heteroatoms. The van der Waals surface area contributed by atoms with E-state index in [2.05, 4.69) is 0 Å². The predicted molar refractivity (Wildman–Crippen MR) is 47.1 cm³/mol. The van der Waals surface area contributed by atoms with E-state index in [4.69, 9.17) is 17.4 Å². The lowest BCUT2D eigenvalue weighted by atomic mass is 10.2. The molecule has 0 unspecified atom stereocenters. The van der Waals surface area contributed by atoms with Crippen LogP contribution >= 0.6 is 11.6 Å². The van der Waals surface area contributed by atoms with Crippen molar-refractivity contribution in [1.82, 2.24) is 4.68 Å². The average Bonchev–Trinajstić information content (AvgIpc) is 2.34. The van der Waals surface area contributed by atoms with Crippen molar-refractivity contribution < 1.29 is 0 Å². The van der Waals surface area contributed by atoms with Gasteiger partial charge in [0.2, 0.25) is 0 Å². The summed E-state index contributed by atoms with van der Waals surface area (Å²) in [4.78, 5) is 0. The highest BCUT2D eigenvalue weighted by Crippen LogP contribution is 2.22. The Labute approximate surface area is 69.1 Å². The smallest absolute Gasteiger partial charge is 0.0876 e. The molecule has 1 aromatic heterocycles. The van der Waals surface area contributed by atoms with Crippen LogP contribution in [0.15, 0.2) is 30.5 Å². The average molecular weight is 167 g/mol. The summed E-state index contributed by atoms with van der Waals surface area (Å²) in [7, 11) is 0. The SMILES string of the molecule is Nn1ccc2cccc(Cl)c21. The van der Waals surface area contributed by atoms with Gasteiger partial charge in [0.15, 0.2) is 0 Å². The third-order valence-electron chi connectivity index (χ3n) is 1.69. The number of hydrogen-bond donors (Lipinski definition) is 1. The number of nitrogens with two attached hydrogens (primary N) is 1. The van der Waals surface area contributed by atoms with Gasteiger partial charge < -0.3 is 5.84 Å². The monoisotopic (exact) mass is 166 g/mol. The minimum Gasteiger partial charge on any atom is -0.339 e. The van der Waals surface area contributed by atoms with Crippen LogP contribution in [0.3, 0.4) is 0 Å². The van der Waals surface area contributed by atoms with Gasteiger partial charge in [-0.25, -0.2) is 0 Å². The van der Waals surface area contributed by atoms with E-state index in [1.54, 1.807) is 6.20 Å². The van der Waals surface area contributed by atoms with Gasteiger partial charge in [0.1, 0.15) is 0 Å². The Morgan fingerprint density at radius 3 is 2.82 bits per heavy atom. The van der Waals surface area contributed by atoms with Gasteiger partial charge in [-0.15, -0.1) is 0 Å². The van der Waals surface area contributed by atoms with Crippen LogP contribution in [0.25, 0.3) is 10.9 Å². The van der Waals surface area contributed by atoms with Crippen molar-refractivity contribution in [2.45, 2.75) is 0 Å². The first-order chi connectivity index (χ1) is 5.29. The first kappa shape index (κ1) is 6.55. The summed E-state index contributed by atoms with van der Waals surface area (Å²) in [6.45, 7) is 0. The Bertz CT molecular complexity index is 392. The highest BCUT2D eigenvalue weighted by molar-refractivity contribution is 6.35. The van der Waals surface area contributed by atoms with Crippen LogP contribution in [-0.4, -0.2) is 4.68 Å². The normalized spacial score (nSPS) is 10.6. The summed E-state index contributed by atoms with van der Waals surface area (Å²) in [5.74, 6) is 5.61. The zero-order valence-electron chi connectivity index (χ0n) is 5.79. The van der Waals surface area contributed by atoms with E-state index in [9.17, 15) is 0 Å². The van der Waals surface area contributed by atoms with Crippen LogP contribution in [0.5, 0.6) is 0 Å². The molecule has 2 aromatic rings. The van der Waals surface area contributed by atoms with E-state index in [0.29, 0.717) is 5.02 Å². The zero-order chi connectivity index (χ0) is 7.84. The van der Waals surface area contributed by atoms with Crippen molar-refractivity contribution in [3.63, 3.8) is 0 Å². The van der Waals surface area contributed by atoms with Crippen molar-refractivity contribution in [2.24, 2.45) is 0 Å². The fourth-order valence-electron chi connectivity index (χ4n) is 1.17. The maximum absolute atomic E-state index is 5.90. The molecule has 56 valence electrons. The van der Waals surface area contributed by atoms with Gasteiger partial charge in [-0.1, -0.05) is 23.7 Å². The minimum absolute atomic E-state index is 0.690. The molecule has 0 aliphatic carbocycles. The Morgan fingerprint density at radius 1 is 1.27 bits per heavy atom. The molecule has 2 rings (SSSR count). The third-order valence-corrected chi connectivity index (χ3v) is 2.00. The van der Waals surface area contributed by atoms with Gasteiger partial charge in [0.25, 0.3) is 0 Å². The molecule has 0 aliphatic heterocycles. The predicted octanol–water partition coefficient (Wildman–Crippen LogP) is 2.01. The van der Waals surface area contributed by atoms with E-state index < -0.39 is 0 Å². The van der Waals surface area contributed by atoms with Crippen LogP contribution in [0, 0.1) is 0 Å². The van der Waals surface area contributed by atoms with Gasteiger partial charge in [-0.2, -0.15) is 0 Å². The topological polar surface area (TPSA) is 30.9 Å². The Balaban J connectivity index is 2.96. The maximum atomic E-state index is 5.90. The van der Waals surface area contributed by atoms with Gasteiger partial charge in [0, 0.05) is 11.6 Å². The molecule has 0 fully saturated rings. The Morgan fingerprint density at radius 2 is 2.09 bits per heavy atom. The number of halogens is 1. The summed E-state index contributed by atoms with van der Waals surface area (Å²) in [5, 5.41) is 1.76. The van der Waals surface area contributed by atoms with Crippen LogP contribution in [0.1, 0.15) is 0 Å². The molecule has 0 spiro atoms. The van der Waals surface area contributed by atoms with Gasteiger partial charge >= 0.3 is 0 Å². The van der Waals surface area contributed by atoms with Crippen molar-refractivity contribution in [2.75, 3.05) is 5.84 Å². The lowest BCUT2D eigenvalue weighted by molar-refractivity contribution is 1.07. The Hall–Kier alpha value is -1.15. The van der Waals surface area contributed by atoms with Gasteiger partial charge in [0.05, 0.1) is 10.5 Å². The summed E-state index contributed by atoms with van der Waals surface area (Å²) in [6.07, 6.45) is 1.79. The zero-order valence-corrected chi connectivity index (χ0v) is 6.55. The third kappa shape index (κ3) is 0.870. The van der Waals surface area contributed by atoms with E-state index in [1.165, 1.54) is 4.68 Å². The first-order valence-electron chi connectivity index (χ1n) is 3.30. The van der Waals surface area contributed by atoms with Crippen molar-refractivity contribution in [3.8, 4) is 0 Å². The van der Waals surface area contributed by atoms with Crippen molar-refractivity contribution in [1.29, 1.82) is 0 Å². The fourth-order valence-corrected chi connectivity index (χ4v) is 1.45. The second-order valence-electron chi connectivity index (χ2n) is 2.40. The van der Waals surface area contributed by atoms with E-state index in [-0.39, 0.29) is 0 Å². The minimum atomic E-state index is 0.690. The number of nitrogens with zero attached hydrogens (tertiary/aromatic N) is 1.